The summed E-state index contributed by atoms with van der Waals surface area (Å²) in [6.45, 7) is 6.78. The third kappa shape index (κ3) is 29.2. The van der Waals surface area contributed by atoms with Crippen molar-refractivity contribution in [3.63, 3.8) is 0 Å². The van der Waals surface area contributed by atoms with Crippen molar-refractivity contribution >= 4 is 5.97 Å². The first-order valence-electron chi connectivity index (χ1n) is 5.49. The van der Waals surface area contributed by atoms with Crippen LogP contribution in [0, 0.1) is 0 Å². The highest BCUT2D eigenvalue weighted by Gasteiger charge is 1.88. The van der Waals surface area contributed by atoms with Gasteiger partial charge in [0.2, 0.25) is 0 Å². The normalized spacial score (nSPS) is 9.44. The third-order valence-electron chi connectivity index (χ3n) is 1.45. The fourth-order valence-electron chi connectivity index (χ4n) is 0.711. The Balaban J connectivity index is 0. The summed E-state index contributed by atoms with van der Waals surface area (Å²) in [5.41, 5.74) is 0. The summed E-state index contributed by atoms with van der Waals surface area (Å²) in [4.78, 5) is 9.00. The van der Waals surface area contributed by atoms with Crippen molar-refractivity contribution in [3.8, 4) is 0 Å². The average molecular weight is 236 g/mol. The van der Waals surface area contributed by atoms with Gasteiger partial charge in [0.15, 0.2) is 0 Å². The van der Waals surface area contributed by atoms with Crippen LogP contribution in [0.3, 0.4) is 0 Å². The van der Waals surface area contributed by atoms with E-state index >= 15 is 0 Å². The van der Waals surface area contributed by atoms with Crippen LogP contribution < -0.4 is 0 Å². The molecular weight excluding hydrogens is 212 g/mol. The summed E-state index contributed by atoms with van der Waals surface area (Å²) in [5, 5.41) is 7.42. The second-order valence-electron chi connectivity index (χ2n) is 3.09. The zero-order chi connectivity index (χ0) is 12.6. The van der Waals surface area contributed by atoms with Crippen LogP contribution in [0.4, 0.5) is 0 Å². The lowest BCUT2D eigenvalue weighted by Gasteiger charge is -2.04. The van der Waals surface area contributed by atoms with Gasteiger partial charge in [-0.15, -0.1) is 0 Å². The van der Waals surface area contributed by atoms with Crippen molar-refractivity contribution in [1.82, 2.24) is 0 Å². The number of unbranched alkanes of at least 4 members (excludes halogenated alkanes) is 1. The van der Waals surface area contributed by atoms with Crippen LogP contribution in [0.25, 0.3) is 0 Å². The molecule has 0 aromatic heterocycles. The topological polar surface area (TPSA) is 65.0 Å². The maximum absolute atomic E-state index is 9.00. The van der Waals surface area contributed by atoms with Gasteiger partial charge in [-0.25, -0.2) is 0 Å². The lowest BCUT2D eigenvalue weighted by Crippen LogP contribution is -2.08. The Morgan fingerprint density at radius 2 is 1.50 bits per heavy atom. The second-order valence-corrected chi connectivity index (χ2v) is 3.09. The molecule has 5 heteroatoms. The third-order valence-corrected chi connectivity index (χ3v) is 1.45. The Bertz CT molecular complexity index is 124. The summed E-state index contributed by atoms with van der Waals surface area (Å²) in [6, 6.07) is 0. The van der Waals surface area contributed by atoms with Gasteiger partial charge in [0, 0.05) is 20.6 Å². The molecule has 0 radical (unpaired) electrons. The van der Waals surface area contributed by atoms with E-state index < -0.39 is 5.97 Å². The molecule has 0 rings (SSSR count). The van der Waals surface area contributed by atoms with E-state index in [2.05, 4.69) is 6.92 Å². The Hall–Kier alpha value is -0.650. The first-order valence-corrected chi connectivity index (χ1v) is 5.49. The van der Waals surface area contributed by atoms with Crippen LogP contribution in [0.15, 0.2) is 0 Å². The van der Waals surface area contributed by atoms with Gasteiger partial charge in [-0.3, -0.25) is 4.79 Å². The highest BCUT2D eigenvalue weighted by atomic mass is 16.5. The van der Waals surface area contributed by atoms with Crippen LogP contribution in [0.2, 0.25) is 0 Å². The van der Waals surface area contributed by atoms with E-state index in [0.717, 1.165) is 20.0 Å². The zero-order valence-corrected chi connectivity index (χ0v) is 10.5. The molecule has 16 heavy (non-hydrogen) atoms. The summed E-state index contributed by atoms with van der Waals surface area (Å²) in [7, 11) is 1.67. The minimum absolute atomic E-state index is 0.660. The summed E-state index contributed by atoms with van der Waals surface area (Å²) in [5.74, 6) is -0.833. The van der Waals surface area contributed by atoms with Crippen LogP contribution in [-0.4, -0.2) is 51.2 Å². The predicted molar refractivity (Wildman–Crippen MR) is 61.7 cm³/mol. The first-order chi connectivity index (χ1) is 7.65. The summed E-state index contributed by atoms with van der Waals surface area (Å²) < 4.78 is 15.3. The first kappa shape index (κ1) is 17.7. The van der Waals surface area contributed by atoms with Crippen molar-refractivity contribution in [2.24, 2.45) is 0 Å². The molecule has 0 aromatic rings. The number of methoxy groups -OCH3 is 1. The summed E-state index contributed by atoms with van der Waals surface area (Å²) in [6.07, 6.45) is 2.32. The largest absolute Gasteiger partial charge is 0.481 e. The van der Waals surface area contributed by atoms with Gasteiger partial charge < -0.3 is 19.3 Å². The minimum Gasteiger partial charge on any atom is -0.481 e. The Labute approximate surface area is 97.7 Å². The zero-order valence-electron chi connectivity index (χ0n) is 10.5. The molecule has 98 valence electrons. The van der Waals surface area contributed by atoms with Crippen molar-refractivity contribution in [2.45, 2.75) is 26.7 Å². The van der Waals surface area contributed by atoms with E-state index in [1.165, 1.54) is 6.42 Å². The molecule has 0 amide bonds. The molecule has 1 N–H and O–H groups in total. The monoisotopic (exact) mass is 236 g/mol. The Morgan fingerprint density at radius 1 is 1.06 bits per heavy atom. The van der Waals surface area contributed by atoms with Gasteiger partial charge in [-0.05, 0) is 6.42 Å². The Kier molecular flexibility index (Phi) is 18.6. The smallest absolute Gasteiger partial charge is 0.300 e. The van der Waals surface area contributed by atoms with E-state index in [0.29, 0.717) is 26.4 Å². The fraction of sp³-hybridized carbons (Fsp3) is 0.909. The number of hydrogen-bond acceptors (Lipinski definition) is 4. The SMILES string of the molecule is CC(=O)O.CCCCOCCOCCOC. The molecular formula is C11H24O5. The molecule has 0 heterocycles. The number of carbonyl (C=O) groups is 1. The predicted octanol–water partition coefficient (Wildman–Crippen LogP) is 1.56. The van der Waals surface area contributed by atoms with Gasteiger partial charge in [0.1, 0.15) is 0 Å². The van der Waals surface area contributed by atoms with Crippen LogP contribution >= 0.6 is 0 Å². The molecule has 0 saturated heterocycles. The average Bonchev–Trinajstić information content (AvgIpc) is 2.21. The van der Waals surface area contributed by atoms with E-state index in [9.17, 15) is 0 Å². The lowest BCUT2D eigenvalue weighted by molar-refractivity contribution is -0.134. The van der Waals surface area contributed by atoms with E-state index in [1.54, 1.807) is 7.11 Å². The molecule has 0 aromatic carbocycles. The number of ether oxygens (including phenoxy) is 3. The maximum Gasteiger partial charge on any atom is 0.300 e. The fourth-order valence-corrected chi connectivity index (χ4v) is 0.711. The van der Waals surface area contributed by atoms with Gasteiger partial charge in [-0.1, -0.05) is 13.3 Å². The highest BCUT2D eigenvalue weighted by Crippen LogP contribution is 1.87. The van der Waals surface area contributed by atoms with Crippen molar-refractivity contribution in [3.05, 3.63) is 0 Å². The molecule has 0 unspecified atom stereocenters. The summed E-state index contributed by atoms with van der Waals surface area (Å²) >= 11 is 0. The molecule has 5 nitrogen and oxygen atoms in total. The van der Waals surface area contributed by atoms with E-state index in [1.807, 2.05) is 0 Å². The quantitative estimate of drug-likeness (QED) is 0.615. The molecule has 0 aliphatic heterocycles. The van der Waals surface area contributed by atoms with Crippen molar-refractivity contribution in [2.75, 3.05) is 40.1 Å². The highest BCUT2D eigenvalue weighted by molar-refractivity contribution is 5.62. The number of carboxylic acids is 1. The van der Waals surface area contributed by atoms with E-state index in [4.69, 9.17) is 24.1 Å². The van der Waals surface area contributed by atoms with Gasteiger partial charge in [-0.2, -0.15) is 0 Å². The molecule has 0 fully saturated rings. The van der Waals surface area contributed by atoms with Gasteiger partial charge in [0.05, 0.1) is 26.4 Å². The minimum atomic E-state index is -0.833. The molecule has 0 bridgehead atoms. The Morgan fingerprint density at radius 3 is 1.94 bits per heavy atom. The molecule has 0 atom stereocenters. The van der Waals surface area contributed by atoms with Crippen molar-refractivity contribution < 1.29 is 24.1 Å². The maximum atomic E-state index is 9.00. The molecule has 0 saturated carbocycles. The van der Waals surface area contributed by atoms with Gasteiger partial charge >= 0.3 is 0 Å². The standard InChI is InChI=1S/C9H20O3.C2H4O2/c1-3-4-5-11-8-9-12-7-6-10-2;1-2(3)4/h3-9H2,1-2H3;1H3,(H,3,4). The number of hydrogen-bond donors (Lipinski definition) is 1. The van der Waals surface area contributed by atoms with Crippen LogP contribution in [0.1, 0.15) is 26.7 Å². The molecule has 0 spiro atoms. The lowest BCUT2D eigenvalue weighted by atomic mass is 10.4. The number of carboxylic acid groups (broad SMARTS) is 1. The van der Waals surface area contributed by atoms with Crippen LogP contribution in [0.5, 0.6) is 0 Å². The van der Waals surface area contributed by atoms with Crippen LogP contribution in [-0.2, 0) is 19.0 Å². The van der Waals surface area contributed by atoms with Gasteiger partial charge in [0.25, 0.3) is 5.97 Å². The second kappa shape index (κ2) is 16.8. The molecule has 0 aliphatic carbocycles. The van der Waals surface area contributed by atoms with E-state index in [-0.39, 0.29) is 0 Å². The number of rotatable bonds is 9. The van der Waals surface area contributed by atoms with Crippen molar-refractivity contribution in [1.29, 1.82) is 0 Å². The molecule has 0 aliphatic rings. The number of aliphatic carboxylic acids is 1.